The number of fused-ring (bicyclic) bond motifs is 1. The Morgan fingerprint density at radius 1 is 1.00 bits per heavy atom. The Morgan fingerprint density at radius 3 is 2.47 bits per heavy atom. The smallest absolute Gasteiger partial charge is 0.233 e. The van der Waals surface area contributed by atoms with Crippen molar-refractivity contribution in [3.8, 4) is 11.1 Å². The Kier molecular flexibility index (Phi) is 9.04. The van der Waals surface area contributed by atoms with E-state index in [1.807, 2.05) is 30.3 Å². The number of morpholine rings is 1. The first-order chi connectivity index (χ1) is 17.2. The van der Waals surface area contributed by atoms with E-state index in [-0.39, 0.29) is 30.6 Å². The van der Waals surface area contributed by atoms with Gasteiger partial charge in [-0.1, -0.05) is 65.9 Å². The number of amides is 1. The lowest BCUT2D eigenvalue weighted by Crippen LogP contribution is -2.39. The molecule has 1 fully saturated rings. The second kappa shape index (κ2) is 12.4. The number of thiazole rings is 1. The number of benzene rings is 3. The third-order valence-electron chi connectivity index (χ3n) is 6.25. The Hall–Kier alpha value is -2.84. The van der Waals surface area contributed by atoms with Crippen LogP contribution in [0.4, 0.5) is 9.52 Å². The SMILES string of the molecule is Cl.O=C(Cc1ccc(-c2ccccc2)cc1)N(CCCN1CCOCC1)c1nc2ccc(F)cc2s1. The van der Waals surface area contributed by atoms with Crippen LogP contribution in [0.3, 0.4) is 0 Å². The number of nitrogens with zero attached hydrogens (tertiary/aromatic N) is 3. The number of rotatable bonds is 8. The fourth-order valence-electron chi connectivity index (χ4n) is 4.32. The largest absolute Gasteiger partial charge is 0.379 e. The second-order valence-corrected chi connectivity index (χ2v) is 9.71. The summed E-state index contributed by atoms with van der Waals surface area (Å²) in [5, 5.41) is 0.624. The minimum absolute atomic E-state index is 0. The van der Waals surface area contributed by atoms with Crippen molar-refractivity contribution in [3.05, 3.63) is 84.2 Å². The highest BCUT2D eigenvalue weighted by molar-refractivity contribution is 7.22. The molecule has 188 valence electrons. The minimum atomic E-state index is -0.295. The Balaban J connectivity index is 0.00000304. The number of carbonyl (C=O) groups is 1. The van der Waals surface area contributed by atoms with Crippen molar-refractivity contribution in [2.45, 2.75) is 12.8 Å². The van der Waals surface area contributed by atoms with Gasteiger partial charge in [0.2, 0.25) is 5.91 Å². The van der Waals surface area contributed by atoms with Crippen molar-refractivity contribution < 1.29 is 13.9 Å². The average Bonchev–Trinajstić information content (AvgIpc) is 3.31. The molecule has 3 aromatic carbocycles. The number of ether oxygens (including phenoxy) is 1. The molecular formula is C28H29ClFN3O2S. The van der Waals surface area contributed by atoms with Crippen LogP contribution in [0.15, 0.2) is 72.8 Å². The molecule has 1 aromatic heterocycles. The van der Waals surface area contributed by atoms with E-state index in [0.717, 1.165) is 60.7 Å². The third-order valence-corrected chi connectivity index (χ3v) is 7.29. The fraction of sp³-hybridized carbons (Fsp3) is 0.286. The predicted octanol–water partition coefficient (Wildman–Crippen LogP) is 5.82. The summed E-state index contributed by atoms with van der Waals surface area (Å²) in [5.74, 6) is -0.296. The van der Waals surface area contributed by atoms with Gasteiger partial charge in [0.25, 0.3) is 0 Å². The zero-order valence-corrected chi connectivity index (χ0v) is 21.6. The van der Waals surface area contributed by atoms with Gasteiger partial charge in [0.05, 0.1) is 29.9 Å². The van der Waals surface area contributed by atoms with E-state index in [1.54, 1.807) is 11.0 Å². The van der Waals surface area contributed by atoms with E-state index in [9.17, 15) is 9.18 Å². The standard InChI is InChI=1S/C28H28FN3O2S.ClH/c29-24-11-12-25-26(20-24)35-28(30-25)32(14-4-13-31-15-17-34-18-16-31)27(33)19-21-7-9-23(10-8-21)22-5-2-1-3-6-22;/h1-3,5-12,20H,4,13-19H2;1H. The van der Waals surface area contributed by atoms with E-state index in [0.29, 0.717) is 17.2 Å². The summed E-state index contributed by atoms with van der Waals surface area (Å²) in [6.07, 6.45) is 1.12. The van der Waals surface area contributed by atoms with E-state index in [4.69, 9.17) is 4.74 Å². The lowest BCUT2D eigenvalue weighted by atomic mass is 10.0. The van der Waals surface area contributed by atoms with Crippen molar-refractivity contribution >= 4 is 45.0 Å². The van der Waals surface area contributed by atoms with E-state index in [1.165, 1.54) is 23.5 Å². The molecule has 4 aromatic rings. The van der Waals surface area contributed by atoms with Crippen LogP contribution in [0.1, 0.15) is 12.0 Å². The molecular weight excluding hydrogens is 497 g/mol. The van der Waals surface area contributed by atoms with Crippen molar-refractivity contribution in [1.29, 1.82) is 0 Å². The molecule has 36 heavy (non-hydrogen) atoms. The molecule has 0 spiro atoms. The highest BCUT2D eigenvalue weighted by Gasteiger charge is 2.21. The molecule has 0 saturated carbocycles. The van der Waals surface area contributed by atoms with Crippen LogP contribution in [0.25, 0.3) is 21.3 Å². The molecule has 0 radical (unpaired) electrons. The van der Waals surface area contributed by atoms with Gasteiger partial charge >= 0.3 is 0 Å². The van der Waals surface area contributed by atoms with E-state index in [2.05, 4.69) is 34.1 Å². The molecule has 0 aliphatic carbocycles. The first kappa shape index (κ1) is 26.2. The molecule has 1 aliphatic rings. The van der Waals surface area contributed by atoms with Crippen LogP contribution >= 0.6 is 23.7 Å². The maximum atomic E-state index is 13.7. The third kappa shape index (κ3) is 6.48. The maximum Gasteiger partial charge on any atom is 0.233 e. The number of anilines is 1. The molecule has 5 rings (SSSR count). The number of carbonyl (C=O) groups excluding carboxylic acids is 1. The van der Waals surface area contributed by atoms with Crippen LogP contribution in [0.2, 0.25) is 0 Å². The molecule has 2 heterocycles. The predicted molar refractivity (Wildman–Crippen MR) is 147 cm³/mol. The van der Waals surface area contributed by atoms with Crippen LogP contribution in [-0.4, -0.2) is 55.2 Å². The zero-order valence-electron chi connectivity index (χ0n) is 19.9. The van der Waals surface area contributed by atoms with Gasteiger partial charge in [-0.2, -0.15) is 0 Å². The van der Waals surface area contributed by atoms with Crippen molar-refractivity contribution in [2.24, 2.45) is 0 Å². The molecule has 0 atom stereocenters. The molecule has 1 amide bonds. The van der Waals surface area contributed by atoms with Gasteiger partial charge in [0.15, 0.2) is 5.13 Å². The summed E-state index contributed by atoms with van der Waals surface area (Å²) in [4.78, 5) is 22.3. The summed E-state index contributed by atoms with van der Waals surface area (Å²) in [6, 6.07) is 22.9. The highest BCUT2D eigenvalue weighted by Crippen LogP contribution is 2.30. The topological polar surface area (TPSA) is 45.7 Å². The first-order valence-electron chi connectivity index (χ1n) is 12.0. The maximum absolute atomic E-state index is 13.7. The number of hydrogen-bond donors (Lipinski definition) is 0. The molecule has 1 saturated heterocycles. The van der Waals surface area contributed by atoms with Crippen LogP contribution < -0.4 is 4.90 Å². The lowest BCUT2D eigenvalue weighted by molar-refractivity contribution is -0.118. The molecule has 5 nitrogen and oxygen atoms in total. The van der Waals surface area contributed by atoms with Crippen LogP contribution in [-0.2, 0) is 16.0 Å². The second-order valence-electron chi connectivity index (χ2n) is 8.70. The Morgan fingerprint density at radius 2 is 1.72 bits per heavy atom. The average molecular weight is 526 g/mol. The number of hydrogen-bond acceptors (Lipinski definition) is 5. The Bertz CT molecular complexity index is 1280. The van der Waals surface area contributed by atoms with Crippen molar-refractivity contribution in [1.82, 2.24) is 9.88 Å². The van der Waals surface area contributed by atoms with Gasteiger partial charge in [0, 0.05) is 26.2 Å². The van der Waals surface area contributed by atoms with E-state index < -0.39 is 0 Å². The van der Waals surface area contributed by atoms with E-state index >= 15 is 0 Å². The monoisotopic (exact) mass is 525 g/mol. The van der Waals surface area contributed by atoms with Crippen LogP contribution in [0, 0.1) is 5.82 Å². The van der Waals surface area contributed by atoms with Crippen LogP contribution in [0.5, 0.6) is 0 Å². The number of aromatic nitrogens is 1. The summed E-state index contributed by atoms with van der Waals surface area (Å²) >= 11 is 1.36. The highest BCUT2D eigenvalue weighted by atomic mass is 35.5. The molecule has 0 unspecified atom stereocenters. The van der Waals surface area contributed by atoms with Gasteiger partial charge in [-0.15, -0.1) is 12.4 Å². The summed E-state index contributed by atoms with van der Waals surface area (Å²) in [5.41, 5.74) is 3.94. The normalized spacial score (nSPS) is 13.9. The van der Waals surface area contributed by atoms with Crippen molar-refractivity contribution in [3.63, 3.8) is 0 Å². The molecule has 1 aliphatic heterocycles. The molecule has 0 N–H and O–H groups in total. The molecule has 0 bridgehead atoms. The van der Waals surface area contributed by atoms with Gasteiger partial charge in [0.1, 0.15) is 5.82 Å². The number of halogens is 2. The Labute approximate surface area is 220 Å². The van der Waals surface area contributed by atoms with Gasteiger partial charge < -0.3 is 4.74 Å². The summed E-state index contributed by atoms with van der Waals surface area (Å²) in [6.45, 7) is 4.82. The summed E-state index contributed by atoms with van der Waals surface area (Å²) in [7, 11) is 0. The fourth-order valence-corrected chi connectivity index (χ4v) is 5.36. The zero-order chi connectivity index (χ0) is 24.0. The first-order valence-corrected chi connectivity index (χ1v) is 12.8. The quantitative estimate of drug-likeness (QED) is 0.291. The minimum Gasteiger partial charge on any atom is -0.379 e. The lowest BCUT2D eigenvalue weighted by Gasteiger charge is -2.27. The van der Waals surface area contributed by atoms with Gasteiger partial charge in [-0.3, -0.25) is 14.6 Å². The van der Waals surface area contributed by atoms with Gasteiger partial charge in [-0.05, 0) is 41.3 Å². The van der Waals surface area contributed by atoms with Gasteiger partial charge in [-0.25, -0.2) is 9.37 Å². The molecule has 8 heteroatoms. The van der Waals surface area contributed by atoms with Crippen molar-refractivity contribution in [2.75, 3.05) is 44.3 Å². The summed E-state index contributed by atoms with van der Waals surface area (Å²) < 4.78 is 19.9.